The van der Waals surface area contributed by atoms with Crippen LogP contribution in [0.25, 0.3) is 0 Å². The lowest BCUT2D eigenvalue weighted by atomic mass is 10.1. The predicted molar refractivity (Wildman–Crippen MR) is 80.6 cm³/mol. The Bertz CT molecular complexity index is 634. The highest BCUT2D eigenvalue weighted by molar-refractivity contribution is 7.99. The summed E-state index contributed by atoms with van der Waals surface area (Å²) in [6.07, 6.45) is 0.902. The zero-order valence-electron chi connectivity index (χ0n) is 12.0. The molecule has 1 heterocycles. The van der Waals surface area contributed by atoms with Crippen molar-refractivity contribution in [3.63, 3.8) is 0 Å². The first kappa shape index (κ1) is 14.7. The second kappa shape index (κ2) is 6.65. The highest BCUT2D eigenvalue weighted by atomic mass is 32.2. The molecule has 2 aromatic rings. The quantitative estimate of drug-likeness (QED) is 0.656. The molecule has 0 radical (unpaired) electrons. The van der Waals surface area contributed by atoms with Crippen molar-refractivity contribution in [2.75, 3.05) is 12.4 Å². The number of hydrogen-bond donors (Lipinski definition) is 1. The van der Waals surface area contributed by atoms with Crippen LogP contribution in [0, 0.1) is 13.8 Å². The van der Waals surface area contributed by atoms with E-state index in [0.29, 0.717) is 11.8 Å². The van der Waals surface area contributed by atoms with Crippen LogP contribution in [0.4, 0.5) is 0 Å². The van der Waals surface area contributed by atoms with Gasteiger partial charge in [-0.05, 0) is 37.5 Å². The molecule has 0 atom stereocenters. The van der Waals surface area contributed by atoms with E-state index in [1.54, 1.807) is 18.8 Å². The number of aromatic nitrogens is 3. The Labute approximate surface area is 122 Å². The number of aryl methyl sites for hydroxylation is 2. The number of ether oxygens (including phenoxy) is 1. The topological polar surface area (TPSA) is 59.9 Å². The largest absolute Gasteiger partial charge is 0.493 e. The van der Waals surface area contributed by atoms with Gasteiger partial charge in [-0.3, -0.25) is 4.57 Å². The summed E-state index contributed by atoms with van der Waals surface area (Å²) in [5.74, 6) is 1.81. The van der Waals surface area contributed by atoms with Crippen molar-refractivity contribution in [2.24, 2.45) is 7.05 Å². The Kier molecular flexibility index (Phi) is 4.89. The fourth-order valence-corrected chi connectivity index (χ4v) is 2.56. The van der Waals surface area contributed by atoms with Gasteiger partial charge in [0.05, 0.1) is 6.61 Å². The standard InChI is InChI=1S/C14H19N3O2S/c1-10-5-6-11(2)12(9-10)19-7-4-8-20-14-16-15-13(18)17(14)3/h5-6,9H,4,7-8H2,1-3H3,(H,15,18). The molecule has 0 unspecified atom stereocenters. The zero-order chi connectivity index (χ0) is 14.5. The number of aromatic amines is 1. The van der Waals surface area contributed by atoms with Crippen molar-refractivity contribution >= 4 is 11.8 Å². The van der Waals surface area contributed by atoms with Crippen LogP contribution in [0.2, 0.25) is 0 Å². The molecular formula is C14H19N3O2S. The number of nitrogens with one attached hydrogen (secondary N) is 1. The van der Waals surface area contributed by atoms with E-state index in [0.717, 1.165) is 23.5 Å². The number of nitrogens with zero attached hydrogens (tertiary/aromatic N) is 2. The highest BCUT2D eigenvalue weighted by Gasteiger charge is 2.04. The third kappa shape index (κ3) is 3.66. The minimum absolute atomic E-state index is 0.181. The third-order valence-electron chi connectivity index (χ3n) is 2.96. The van der Waals surface area contributed by atoms with Crippen LogP contribution in [0.3, 0.4) is 0 Å². The molecule has 0 saturated carbocycles. The van der Waals surface area contributed by atoms with E-state index in [1.807, 2.05) is 6.92 Å². The van der Waals surface area contributed by atoms with E-state index >= 15 is 0 Å². The van der Waals surface area contributed by atoms with Crippen molar-refractivity contribution in [2.45, 2.75) is 25.4 Å². The van der Waals surface area contributed by atoms with Crippen LogP contribution in [-0.2, 0) is 7.05 Å². The van der Waals surface area contributed by atoms with Crippen molar-refractivity contribution in [1.29, 1.82) is 0 Å². The smallest absolute Gasteiger partial charge is 0.343 e. The molecule has 0 aliphatic carbocycles. The zero-order valence-corrected chi connectivity index (χ0v) is 12.8. The number of thioether (sulfide) groups is 1. The molecule has 0 aliphatic rings. The minimum Gasteiger partial charge on any atom is -0.493 e. The molecule has 0 fully saturated rings. The molecule has 0 spiro atoms. The second-order valence-electron chi connectivity index (χ2n) is 4.69. The van der Waals surface area contributed by atoms with E-state index in [1.165, 1.54) is 10.1 Å². The first-order chi connectivity index (χ1) is 9.58. The van der Waals surface area contributed by atoms with Gasteiger partial charge in [0.25, 0.3) is 0 Å². The molecule has 1 aromatic carbocycles. The summed E-state index contributed by atoms with van der Waals surface area (Å²) in [6.45, 7) is 4.76. The molecule has 5 nitrogen and oxygen atoms in total. The second-order valence-corrected chi connectivity index (χ2v) is 5.75. The van der Waals surface area contributed by atoms with Gasteiger partial charge < -0.3 is 4.74 Å². The van der Waals surface area contributed by atoms with Crippen LogP contribution >= 0.6 is 11.8 Å². The Morgan fingerprint density at radius 1 is 1.40 bits per heavy atom. The van der Waals surface area contributed by atoms with E-state index < -0.39 is 0 Å². The normalized spacial score (nSPS) is 10.8. The van der Waals surface area contributed by atoms with Gasteiger partial charge >= 0.3 is 5.69 Å². The molecule has 108 valence electrons. The average Bonchev–Trinajstić information content (AvgIpc) is 2.74. The minimum atomic E-state index is -0.181. The highest BCUT2D eigenvalue weighted by Crippen LogP contribution is 2.20. The Hall–Kier alpha value is -1.69. The van der Waals surface area contributed by atoms with Crippen molar-refractivity contribution in [3.8, 4) is 5.75 Å². The molecule has 20 heavy (non-hydrogen) atoms. The van der Waals surface area contributed by atoms with E-state index in [4.69, 9.17) is 4.74 Å². The monoisotopic (exact) mass is 293 g/mol. The lowest BCUT2D eigenvalue weighted by Crippen LogP contribution is -2.13. The molecule has 0 bridgehead atoms. The van der Waals surface area contributed by atoms with Gasteiger partial charge in [0, 0.05) is 12.8 Å². The van der Waals surface area contributed by atoms with Crippen LogP contribution in [0.1, 0.15) is 17.5 Å². The number of rotatable bonds is 6. The lowest BCUT2D eigenvalue weighted by molar-refractivity contribution is 0.316. The molecule has 0 amide bonds. The molecule has 0 saturated heterocycles. The molecule has 0 aliphatic heterocycles. The van der Waals surface area contributed by atoms with Crippen LogP contribution in [-0.4, -0.2) is 27.1 Å². The maximum Gasteiger partial charge on any atom is 0.343 e. The van der Waals surface area contributed by atoms with Crippen LogP contribution in [0.15, 0.2) is 28.2 Å². The van der Waals surface area contributed by atoms with Crippen molar-refractivity contribution in [3.05, 3.63) is 39.8 Å². The maximum atomic E-state index is 11.2. The fourth-order valence-electron chi connectivity index (χ4n) is 1.73. The SMILES string of the molecule is Cc1ccc(C)c(OCCCSc2n[nH]c(=O)n2C)c1. The Morgan fingerprint density at radius 2 is 2.20 bits per heavy atom. The number of benzene rings is 1. The van der Waals surface area contributed by atoms with Crippen molar-refractivity contribution < 1.29 is 4.74 Å². The summed E-state index contributed by atoms with van der Waals surface area (Å²) < 4.78 is 7.29. The number of H-pyrrole nitrogens is 1. The average molecular weight is 293 g/mol. The molecular weight excluding hydrogens is 274 g/mol. The van der Waals surface area contributed by atoms with E-state index in [-0.39, 0.29) is 5.69 Å². The third-order valence-corrected chi connectivity index (χ3v) is 4.08. The Morgan fingerprint density at radius 3 is 2.90 bits per heavy atom. The van der Waals surface area contributed by atoms with Crippen molar-refractivity contribution in [1.82, 2.24) is 14.8 Å². The van der Waals surface area contributed by atoms with Gasteiger partial charge in [0.1, 0.15) is 5.75 Å². The first-order valence-electron chi connectivity index (χ1n) is 6.52. The molecule has 6 heteroatoms. The molecule has 1 aromatic heterocycles. The summed E-state index contributed by atoms with van der Waals surface area (Å²) in [5.41, 5.74) is 2.17. The molecule has 1 N–H and O–H groups in total. The fraction of sp³-hybridized carbons (Fsp3) is 0.429. The maximum absolute atomic E-state index is 11.2. The lowest BCUT2D eigenvalue weighted by Gasteiger charge is -2.09. The van der Waals surface area contributed by atoms with E-state index in [2.05, 4.69) is 35.3 Å². The summed E-state index contributed by atoms with van der Waals surface area (Å²) >= 11 is 1.55. The van der Waals surface area contributed by atoms with Gasteiger partial charge in [-0.2, -0.15) is 0 Å². The van der Waals surface area contributed by atoms with Gasteiger partial charge in [-0.15, -0.1) is 5.10 Å². The van der Waals surface area contributed by atoms with E-state index in [9.17, 15) is 4.79 Å². The van der Waals surface area contributed by atoms with Crippen LogP contribution < -0.4 is 10.4 Å². The summed E-state index contributed by atoms with van der Waals surface area (Å²) in [6, 6.07) is 6.20. The Balaban J connectivity index is 1.75. The first-order valence-corrected chi connectivity index (χ1v) is 7.50. The molecule has 2 rings (SSSR count). The van der Waals surface area contributed by atoms with Gasteiger partial charge in [-0.25, -0.2) is 9.89 Å². The van der Waals surface area contributed by atoms with Gasteiger partial charge in [0.15, 0.2) is 5.16 Å². The van der Waals surface area contributed by atoms with Gasteiger partial charge in [-0.1, -0.05) is 23.9 Å². The predicted octanol–water partition coefficient (Wildman–Crippen LogP) is 2.29. The van der Waals surface area contributed by atoms with Crippen LogP contribution in [0.5, 0.6) is 5.75 Å². The summed E-state index contributed by atoms with van der Waals surface area (Å²) in [7, 11) is 1.71. The summed E-state index contributed by atoms with van der Waals surface area (Å²) in [4.78, 5) is 11.2. The summed E-state index contributed by atoms with van der Waals surface area (Å²) in [5, 5.41) is 7.08. The number of hydrogen-bond acceptors (Lipinski definition) is 4. The van der Waals surface area contributed by atoms with Gasteiger partial charge in [0.2, 0.25) is 0 Å².